The van der Waals surface area contributed by atoms with E-state index < -0.39 is 47.6 Å². The molecule has 2 aliphatic rings. The summed E-state index contributed by atoms with van der Waals surface area (Å²) in [4.78, 5) is 51.5. The third-order valence-electron chi connectivity index (χ3n) is 5.70. The monoisotopic (exact) mass is 398 g/mol. The number of amides is 3. The summed E-state index contributed by atoms with van der Waals surface area (Å²) in [5.74, 6) is -2.83. The van der Waals surface area contributed by atoms with Crippen molar-refractivity contribution in [2.75, 3.05) is 20.1 Å². The molecule has 0 bridgehead atoms. The zero-order valence-electron chi connectivity index (χ0n) is 16.9. The van der Waals surface area contributed by atoms with E-state index in [-0.39, 0.29) is 24.9 Å². The van der Waals surface area contributed by atoms with Gasteiger partial charge in [-0.05, 0) is 25.8 Å². The number of likely N-dealkylation sites (tertiary alicyclic amines) is 2. The average Bonchev–Trinajstić information content (AvgIpc) is 3.16. The number of nitrogens with one attached hydrogen (secondary N) is 2. The van der Waals surface area contributed by atoms with E-state index in [2.05, 4.69) is 10.6 Å². The second kappa shape index (κ2) is 7.94. The summed E-state index contributed by atoms with van der Waals surface area (Å²) in [6.45, 7) is 7.24. The minimum absolute atomic E-state index is 0.146. The van der Waals surface area contributed by atoms with E-state index in [1.807, 2.05) is 20.8 Å². The lowest BCUT2D eigenvalue weighted by molar-refractivity contribution is -0.146. The Morgan fingerprint density at radius 2 is 1.71 bits per heavy atom. The minimum atomic E-state index is -1.18. The lowest BCUT2D eigenvalue weighted by atomic mass is 9.85. The molecule has 0 radical (unpaired) electrons. The second-order valence-electron chi connectivity index (χ2n) is 8.58. The van der Waals surface area contributed by atoms with Gasteiger partial charge in [-0.15, -0.1) is 0 Å². The molecule has 2 fully saturated rings. The Kier molecular flexibility index (Phi) is 6.22. The molecule has 0 saturated carbocycles. The number of carbonyl (C=O) groups excluding carboxylic acids is 2. The van der Waals surface area contributed by atoms with Crippen LogP contribution in [0.1, 0.15) is 34.1 Å². The highest BCUT2D eigenvalue weighted by atomic mass is 16.4. The van der Waals surface area contributed by atoms with E-state index in [0.717, 1.165) is 4.90 Å². The standard InChI is InChI=1S/C18H30N4O6/c1-9(19-5)14(23)20-13(18(2,3)4)15(24)21-7-6-11-12(21)10(16(25)26)8-22(11)17(27)28/h9-13,19H,6-8H2,1-5H3,(H,20,23)(H,25,26)(H,27,28). The van der Waals surface area contributed by atoms with Crippen LogP contribution in [0.25, 0.3) is 0 Å². The molecule has 28 heavy (non-hydrogen) atoms. The fourth-order valence-corrected chi connectivity index (χ4v) is 3.99. The molecule has 0 aromatic heterocycles. The molecule has 0 spiro atoms. The van der Waals surface area contributed by atoms with Gasteiger partial charge in [0.1, 0.15) is 6.04 Å². The van der Waals surface area contributed by atoms with Crippen molar-refractivity contribution in [3.05, 3.63) is 0 Å². The Balaban J connectivity index is 2.30. The summed E-state index contributed by atoms with van der Waals surface area (Å²) in [6, 6.07) is -2.63. The molecule has 2 aliphatic heterocycles. The summed E-state index contributed by atoms with van der Waals surface area (Å²) in [7, 11) is 1.64. The highest BCUT2D eigenvalue weighted by molar-refractivity contribution is 5.91. The first-order valence-electron chi connectivity index (χ1n) is 9.40. The van der Waals surface area contributed by atoms with Crippen LogP contribution in [0.4, 0.5) is 4.79 Å². The second-order valence-corrected chi connectivity index (χ2v) is 8.58. The van der Waals surface area contributed by atoms with Gasteiger partial charge < -0.3 is 30.6 Å². The van der Waals surface area contributed by atoms with Crippen molar-refractivity contribution in [1.82, 2.24) is 20.4 Å². The van der Waals surface area contributed by atoms with E-state index >= 15 is 0 Å². The van der Waals surface area contributed by atoms with Gasteiger partial charge >= 0.3 is 12.1 Å². The Morgan fingerprint density at radius 3 is 2.18 bits per heavy atom. The van der Waals surface area contributed by atoms with Gasteiger partial charge in [0.25, 0.3) is 0 Å². The van der Waals surface area contributed by atoms with Gasteiger partial charge in [0.05, 0.1) is 24.0 Å². The van der Waals surface area contributed by atoms with Crippen LogP contribution in [0.5, 0.6) is 0 Å². The van der Waals surface area contributed by atoms with Crippen molar-refractivity contribution < 1.29 is 29.4 Å². The van der Waals surface area contributed by atoms with Crippen molar-refractivity contribution in [1.29, 1.82) is 0 Å². The molecule has 10 nitrogen and oxygen atoms in total. The number of aliphatic carboxylic acids is 1. The Bertz CT molecular complexity index is 661. The zero-order valence-corrected chi connectivity index (χ0v) is 16.9. The molecule has 0 aromatic carbocycles. The highest BCUT2D eigenvalue weighted by Crippen LogP contribution is 2.37. The van der Waals surface area contributed by atoms with Crippen molar-refractivity contribution in [3.8, 4) is 0 Å². The van der Waals surface area contributed by atoms with E-state index in [4.69, 9.17) is 0 Å². The summed E-state index contributed by atoms with van der Waals surface area (Å²) in [5, 5.41) is 24.6. The van der Waals surface area contributed by atoms with Crippen molar-refractivity contribution in [3.63, 3.8) is 0 Å². The number of rotatable bonds is 5. The number of nitrogens with zero attached hydrogens (tertiary/aromatic N) is 2. The first kappa shape index (κ1) is 21.9. The molecule has 10 heteroatoms. The van der Waals surface area contributed by atoms with Crippen molar-refractivity contribution >= 4 is 23.9 Å². The molecule has 3 amide bonds. The summed E-state index contributed by atoms with van der Waals surface area (Å²) < 4.78 is 0. The van der Waals surface area contributed by atoms with Crippen LogP contribution in [-0.2, 0) is 14.4 Å². The summed E-state index contributed by atoms with van der Waals surface area (Å²) in [5.41, 5.74) is -0.609. The zero-order chi connectivity index (χ0) is 21.4. The van der Waals surface area contributed by atoms with E-state index in [1.165, 1.54) is 4.90 Å². The van der Waals surface area contributed by atoms with E-state index in [0.29, 0.717) is 6.42 Å². The van der Waals surface area contributed by atoms with Crippen LogP contribution in [0, 0.1) is 11.3 Å². The number of fused-ring (bicyclic) bond motifs is 1. The number of carboxylic acid groups (broad SMARTS) is 2. The normalized spacial score (nSPS) is 26.5. The predicted molar refractivity (Wildman–Crippen MR) is 99.7 cm³/mol. The quantitative estimate of drug-likeness (QED) is 0.502. The van der Waals surface area contributed by atoms with Gasteiger partial charge in [-0.2, -0.15) is 0 Å². The number of carboxylic acids is 1. The summed E-state index contributed by atoms with van der Waals surface area (Å²) in [6.07, 6.45) is -0.805. The topological polar surface area (TPSA) is 139 Å². The third-order valence-corrected chi connectivity index (χ3v) is 5.70. The predicted octanol–water partition coefficient (Wildman–Crippen LogP) is -0.211. The van der Waals surface area contributed by atoms with Crippen LogP contribution in [0.3, 0.4) is 0 Å². The van der Waals surface area contributed by atoms with E-state index in [9.17, 15) is 29.4 Å². The molecule has 0 aromatic rings. The Hall–Kier alpha value is -2.36. The van der Waals surface area contributed by atoms with Crippen LogP contribution in [0.2, 0.25) is 0 Å². The number of hydrogen-bond acceptors (Lipinski definition) is 5. The van der Waals surface area contributed by atoms with Crippen LogP contribution < -0.4 is 10.6 Å². The van der Waals surface area contributed by atoms with Gasteiger partial charge in [-0.25, -0.2) is 4.79 Å². The summed E-state index contributed by atoms with van der Waals surface area (Å²) >= 11 is 0. The molecule has 4 N–H and O–H groups in total. The molecule has 5 atom stereocenters. The molecule has 2 heterocycles. The molecule has 158 valence electrons. The van der Waals surface area contributed by atoms with Gasteiger partial charge in [-0.1, -0.05) is 20.8 Å². The largest absolute Gasteiger partial charge is 0.481 e. The SMILES string of the molecule is CNC(C)C(=O)NC(C(=O)N1CCC2C1C(C(=O)O)CN2C(=O)O)C(C)(C)C. The molecule has 5 unspecified atom stereocenters. The minimum Gasteiger partial charge on any atom is -0.481 e. The van der Waals surface area contributed by atoms with Crippen molar-refractivity contribution in [2.45, 2.75) is 58.3 Å². The molecule has 2 saturated heterocycles. The molecular formula is C18H30N4O6. The fraction of sp³-hybridized carbons (Fsp3) is 0.778. The van der Waals surface area contributed by atoms with Crippen molar-refractivity contribution in [2.24, 2.45) is 11.3 Å². The maximum Gasteiger partial charge on any atom is 0.407 e. The van der Waals surface area contributed by atoms with Gasteiger partial charge in [0, 0.05) is 13.1 Å². The Morgan fingerprint density at radius 1 is 1.11 bits per heavy atom. The van der Waals surface area contributed by atoms with Gasteiger partial charge in [-0.3, -0.25) is 14.4 Å². The molecule has 2 rings (SSSR count). The Labute approximate surface area is 164 Å². The van der Waals surface area contributed by atoms with Crippen LogP contribution in [-0.4, -0.2) is 88.2 Å². The maximum absolute atomic E-state index is 13.4. The first-order chi connectivity index (χ1) is 12.9. The number of likely N-dealkylation sites (N-methyl/N-ethyl adjacent to an activating group) is 1. The first-order valence-corrected chi connectivity index (χ1v) is 9.40. The molecular weight excluding hydrogens is 368 g/mol. The van der Waals surface area contributed by atoms with Crippen LogP contribution in [0.15, 0.2) is 0 Å². The number of carbonyl (C=O) groups is 4. The lowest BCUT2D eigenvalue weighted by Crippen LogP contribution is -2.59. The fourth-order valence-electron chi connectivity index (χ4n) is 3.99. The van der Waals surface area contributed by atoms with Gasteiger partial charge in [0.2, 0.25) is 11.8 Å². The van der Waals surface area contributed by atoms with E-state index in [1.54, 1.807) is 14.0 Å². The highest BCUT2D eigenvalue weighted by Gasteiger charge is 2.55. The van der Waals surface area contributed by atoms with Crippen LogP contribution >= 0.6 is 0 Å². The van der Waals surface area contributed by atoms with Gasteiger partial charge in [0.15, 0.2) is 0 Å². The molecule has 0 aliphatic carbocycles. The third kappa shape index (κ3) is 4.06. The maximum atomic E-state index is 13.4. The average molecular weight is 398 g/mol. The smallest absolute Gasteiger partial charge is 0.407 e. The number of hydrogen-bond donors (Lipinski definition) is 4. The lowest BCUT2D eigenvalue weighted by Gasteiger charge is -2.36.